The molecule has 1 aliphatic rings. The van der Waals surface area contributed by atoms with Crippen LogP contribution in [-0.2, 0) is 0 Å². The highest BCUT2D eigenvalue weighted by Crippen LogP contribution is 2.30. The van der Waals surface area contributed by atoms with Gasteiger partial charge in [0.2, 0.25) is 0 Å². The number of pyridine rings is 1. The summed E-state index contributed by atoms with van der Waals surface area (Å²) in [6.07, 6.45) is 6.85. The van der Waals surface area contributed by atoms with E-state index in [1.807, 2.05) is 46.8 Å². The molecular formula is C19H14ClN5OS. The molecule has 0 saturated carbocycles. The molecule has 0 saturated heterocycles. The van der Waals surface area contributed by atoms with E-state index in [-0.39, 0.29) is 5.91 Å². The molecule has 0 aliphatic carbocycles. The average Bonchev–Trinajstić information content (AvgIpc) is 3.17. The minimum atomic E-state index is -0.318. The molecule has 1 N–H and O–H groups in total. The average molecular weight is 396 g/mol. The molecule has 27 heavy (non-hydrogen) atoms. The minimum absolute atomic E-state index is 0.318. The molecular weight excluding hydrogens is 382 g/mol. The molecule has 3 heterocycles. The van der Waals surface area contributed by atoms with Crippen molar-refractivity contribution in [3.05, 3.63) is 71.1 Å². The van der Waals surface area contributed by atoms with Gasteiger partial charge in [-0.3, -0.25) is 15.1 Å². The SMILES string of the molecule is O=C(Nc1nc(-c2ccccc2Cl)cs1)c1ncccc1N1C=CN=CC1. The highest BCUT2D eigenvalue weighted by Gasteiger charge is 2.18. The van der Waals surface area contributed by atoms with E-state index in [1.165, 1.54) is 11.3 Å². The zero-order valence-electron chi connectivity index (χ0n) is 14.0. The van der Waals surface area contributed by atoms with Gasteiger partial charge in [-0.2, -0.15) is 0 Å². The number of rotatable bonds is 4. The van der Waals surface area contributed by atoms with Gasteiger partial charge < -0.3 is 4.90 Å². The summed E-state index contributed by atoms with van der Waals surface area (Å²) in [6.45, 7) is 0.580. The molecule has 2 aromatic heterocycles. The number of halogens is 1. The van der Waals surface area contributed by atoms with Crippen molar-refractivity contribution >= 4 is 45.9 Å². The number of hydrogen-bond acceptors (Lipinski definition) is 6. The highest BCUT2D eigenvalue weighted by molar-refractivity contribution is 7.14. The van der Waals surface area contributed by atoms with Crippen LogP contribution in [0.25, 0.3) is 11.3 Å². The van der Waals surface area contributed by atoms with Crippen molar-refractivity contribution in [3.63, 3.8) is 0 Å². The summed E-state index contributed by atoms with van der Waals surface area (Å²) in [6, 6.07) is 11.1. The van der Waals surface area contributed by atoms with Crippen LogP contribution in [0.4, 0.5) is 10.8 Å². The van der Waals surface area contributed by atoms with E-state index in [0.29, 0.717) is 28.1 Å². The van der Waals surface area contributed by atoms with E-state index in [1.54, 1.807) is 24.7 Å². The maximum atomic E-state index is 12.8. The third kappa shape index (κ3) is 3.74. The predicted octanol–water partition coefficient (Wildman–Crippen LogP) is 4.47. The molecule has 0 unspecified atom stereocenters. The van der Waals surface area contributed by atoms with Crippen LogP contribution in [0.1, 0.15) is 10.5 Å². The summed E-state index contributed by atoms with van der Waals surface area (Å²) in [4.78, 5) is 27.5. The van der Waals surface area contributed by atoms with Crippen molar-refractivity contribution in [1.29, 1.82) is 0 Å². The van der Waals surface area contributed by atoms with Gasteiger partial charge in [-0.05, 0) is 18.2 Å². The normalized spacial score (nSPS) is 13.0. The highest BCUT2D eigenvalue weighted by atomic mass is 35.5. The number of amides is 1. The van der Waals surface area contributed by atoms with Gasteiger partial charge >= 0.3 is 0 Å². The number of nitrogens with zero attached hydrogens (tertiary/aromatic N) is 4. The second-order valence-electron chi connectivity index (χ2n) is 5.63. The first kappa shape index (κ1) is 17.4. The van der Waals surface area contributed by atoms with Crippen LogP contribution in [0.2, 0.25) is 5.02 Å². The third-order valence-electron chi connectivity index (χ3n) is 3.90. The number of carbonyl (C=O) groups excluding carboxylic acids is 1. The summed E-state index contributed by atoms with van der Waals surface area (Å²) in [5.74, 6) is -0.318. The van der Waals surface area contributed by atoms with Gasteiger partial charge in [0.25, 0.3) is 5.91 Å². The van der Waals surface area contributed by atoms with Gasteiger partial charge in [0.15, 0.2) is 10.8 Å². The van der Waals surface area contributed by atoms with E-state index in [2.05, 4.69) is 20.3 Å². The van der Waals surface area contributed by atoms with E-state index >= 15 is 0 Å². The van der Waals surface area contributed by atoms with Gasteiger partial charge in [0.05, 0.1) is 17.9 Å². The largest absolute Gasteiger partial charge is 0.339 e. The van der Waals surface area contributed by atoms with Crippen LogP contribution in [0.3, 0.4) is 0 Å². The molecule has 0 fully saturated rings. The van der Waals surface area contributed by atoms with Gasteiger partial charge in [-0.25, -0.2) is 9.97 Å². The first-order valence-electron chi connectivity index (χ1n) is 8.14. The Bertz CT molecular complexity index is 1050. The molecule has 1 amide bonds. The fourth-order valence-electron chi connectivity index (χ4n) is 2.64. The van der Waals surface area contributed by atoms with E-state index in [4.69, 9.17) is 11.6 Å². The standard InChI is InChI=1S/C19H14ClN5OS/c20-14-5-2-1-4-13(14)15-12-27-19(23-15)24-18(26)17-16(6-3-7-22-17)25-10-8-21-9-11-25/h1-10,12H,11H2,(H,23,24,26). The van der Waals surface area contributed by atoms with Crippen molar-refractivity contribution in [2.24, 2.45) is 4.99 Å². The van der Waals surface area contributed by atoms with Gasteiger partial charge in [-0.1, -0.05) is 29.8 Å². The Morgan fingerprint density at radius 1 is 1.22 bits per heavy atom. The molecule has 4 rings (SSSR count). The Balaban J connectivity index is 1.56. The number of thiazole rings is 1. The van der Waals surface area contributed by atoms with Gasteiger partial charge in [0.1, 0.15) is 0 Å². The van der Waals surface area contributed by atoms with Crippen LogP contribution in [0.5, 0.6) is 0 Å². The number of benzene rings is 1. The number of hydrogen-bond donors (Lipinski definition) is 1. The molecule has 0 radical (unpaired) electrons. The first-order valence-corrected chi connectivity index (χ1v) is 9.40. The topological polar surface area (TPSA) is 70.5 Å². The molecule has 1 aromatic carbocycles. The number of nitrogens with one attached hydrogen (secondary N) is 1. The zero-order valence-corrected chi connectivity index (χ0v) is 15.6. The monoisotopic (exact) mass is 395 g/mol. The minimum Gasteiger partial charge on any atom is -0.339 e. The van der Waals surface area contributed by atoms with Crippen molar-refractivity contribution in [3.8, 4) is 11.3 Å². The Hall–Kier alpha value is -3.03. The lowest BCUT2D eigenvalue weighted by molar-refractivity contribution is 0.102. The molecule has 134 valence electrons. The van der Waals surface area contributed by atoms with Gasteiger partial charge in [-0.15, -0.1) is 11.3 Å². The van der Waals surface area contributed by atoms with E-state index < -0.39 is 0 Å². The van der Waals surface area contributed by atoms with Crippen LogP contribution >= 0.6 is 22.9 Å². The maximum absolute atomic E-state index is 12.8. The lowest BCUT2D eigenvalue weighted by Gasteiger charge is -2.21. The Kier molecular flexibility index (Phi) is 4.95. The molecule has 1 aliphatic heterocycles. The van der Waals surface area contributed by atoms with Crippen molar-refractivity contribution in [2.45, 2.75) is 0 Å². The lowest BCUT2D eigenvalue weighted by atomic mass is 10.2. The maximum Gasteiger partial charge on any atom is 0.278 e. The molecule has 0 bridgehead atoms. The van der Waals surface area contributed by atoms with Crippen LogP contribution in [-0.4, -0.2) is 28.6 Å². The first-order chi connectivity index (χ1) is 13.2. The van der Waals surface area contributed by atoms with Gasteiger partial charge in [0, 0.05) is 40.8 Å². The third-order valence-corrected chi connectivity index (χ3v) is 4.99. The fraction of sp³-hybridized carbons (Fsp3) is 0.0526. The van der Waals surface area contributed by atoms with Crippen LogP contribution in [0.15, 0.2) is 65.4 Å². The summed E-state index contributed by atoms with van der Waals surface area (Å²) in [7, 11) is 0. The number of anilines is 2. The van der Waals surface area contributed by atoms with Crippen molar-refractivity contribution in [1.82, 2.24) is 9.97 Å². The second-order valence-corrected chi connectivity index (χ2v) is 6.89. The van der Waals surface area contributed by atoms with Crippen molar-refractivity contribution < 1.29 is 4.79 Å². The Morgan fingerprint density at radius 2 is 2.11 bits per heavy atom. The van der Waals surface area contributed by atoms with Crippen molar-refractivity contribution in [2.75, 3.05) is 16.8 Å². The zero-order chi connectivity index (χ0) is 18.6. The lowest BCUT2D eigenvalue weighted by Crippen LogP contribution is -2.25. The Morgan fingerprint density at radius 3 is 2.93 bits per heavy atom. The van der Waals surface area contributed by atoms with Crippen LogP contribution < -0.4 is 10.2 Å². The van der Waals surface area contributed by atoms with E-state index in [9.17, 15) is 4.79 Å². The van der Waals surface area contributed by atoms with E-state index in [0.717, 1.165) is 11.3 Å². The molecule has 0 spiro atoms. The number of carbonyl (C=O) groups is 1. The number of aliphatic imine (C=N–C) groups is 1. The summed E-state index contributed by atoms with van der Waals surface area (Å²) in [5.41, 5.74) is 2.58. The number of aromatic nitrogens is 2. The summed E-state index contributed by atoms with van der Waals surface area (Å²) < 4.78 is 0. The molecule has 0 atom stereocenters. The summed E-state index contributed by atoms with van der Waals surface area (Å²) in [5, 5.41) is 5.79. The summed E-state index contributed by atoms with van der Waals surface area (Å²) >= 11 is 7.56. The molecule has 3 aromatic rings. The predicted molar refractivity (Wildman–Crippen MR) is 110 cm³/mol. The fourth-order valence-corrected chi connectivity index (χ4v) is 3.58. The van der Waals surface area contributed by atoms with Crippen LogP contribution in [0, 0.1) is 0 Å². The Labute approximate surface area is 164 Å². The molecule has 8 heteroatoms. The molecule has 6 nitrogen and oxygen atoms in total. The smallest absolute Gasteiger partial charge is 0.278 e. The quantitative estimate of drug-likeness (QED) is 0.707. The second kappa shape index (κ2) is 7.69.